The molecule has 27 heavy (non-hydrogen) atoms. The molecule has 1 aliphatic heterocycles. The Morgan fingerprint density at radius 1 is 1.22 bits per heavy atom. The number of amides is 2. The van der Waals surface area contributed by atoms with Crippen molar-refractivity contribution in [2.75, 3.05) is 13.7 Å². The molecule has 2 amide bonds. The van der Waals surface area contributed by atoms with Crippen LogP contribution in [0, 0.1) is 0 Å². The van der Waals surface area contributed by atoms with Crippen LogP contribution in [0.25, 0.3) is 0 Å². The van der Waals surface area contributed by atoms with Gasteiger partial charge in [0.1, 0.15) is 12.6 Å². The summed E-state index contributed by atoms with van der Waals surface area (Å²) < 4.78 is 10.1. The van der Waals surface area contributed by atoms with Crippen LogP contribution < -0.4 is 0 Å². The molecule has 0 radical (unpaired) electrons. The maximum absolute atomic E-state index is 12.6. The highest BCUT2D eigenvalue weighted by Crippen LogP contribution is 2.29. The topological polar surface area (TPSA) is 96.4 Å². The highest BCUT2D eigenvalue weighted by atomic mass is 16.6. The lowest BCUT2D eigenvalue weighted by Crippen LogP contribution is -2.52. The fourth-order valence-electron chi connectivity index (χ4n) is 3.36. The molecule has 2 atom stereocenters. The van der Waals surface area contributed by atoms with Crippen molar-refractivity contribution < 1.29 is 29.0 Å². The number of rotatable bonds is 4. The predicted molar refractivity (Wildman–Crippen MR) is 97.2 cm³/mol. The van der Waals surface area contributed by atoms with Gasteiger partial charge in [-0.05, 0) is 26.3 Å². The SMILES string of the molecule is COC(=O)[C@H]1C[C@@H](N(C(=O)O)C(C)(C)C)CN1C(=O)OCc1ccccc1. The molecule has 1 saturated heterocycles. The first-order valence-corrected chi connectivity index (χ1v) is 8.72. The Balaban J connectivity index is 2.15. The Morgan fingerprint density at radius 2 is 1.85 bits per heavy atom. The van der Waals surface area contributed by atoms with Crippen LogP contribution in [0.5, 0.6) is 0 Å². The van der Waals surface area contributed by atoms with Gasteiger partial charge in [-0.1, -0.05) is 30.3 Å². The summed E-state index contributed by atoms with van der Waals surface area (Å²) in [7, 11) is 1.24. The van der Waals surface area contributed by atoms with Crippen LogP contribution in [0.15, 0.2) is 30.3 Å². The average molecular weight is 378 g/mol. The summed E-state index contributed by atoms with van der Waals surface area (Å²) in [5, 5.41) is 9.60. The molecule has 0 spiro atoms. The Bertz CT molecular complexity index is 685. The highest BCUT2D eigenvalue weighted by molar-refractivity contribution is 5.82. The number of hydrogen-bond acceptors (Lipinski definition) is 5. The van der Waals surface area contributed by atoms with Gasteiger partial charge in [-0.3, -0.25) is 9.80 Å². The minimum Gasteiger partial charge on any atom is -0.467 e. The van der Waals surface area contributed by atoms with E-state index in [1.807, 2.05) is 30.3 Å². The van der Waals surface area contributed by atoms with Crippen molar-refractivity contribution in [1.82, 2.24) is 9.80 Å². The number of esters is 1. The molecule has 1 aliphatic rings. The Hall–Kier alpha value is -2.77. The molecule has 8 heteroatoms. The lowest BCUT2D eigenvalue weighted by atomic mass is 10.0. The van der Waals surface area contributed by atoms with Crippen molar-refractivity contribution in [3.63, 3.8) is 0 Å². The van der Waals surface area contributed by atoms with Crippen LogP contribution in [-0.2, 0) is 20.9 Å². The summed E-state index contributed by atoms with van der Waals surface area (Å²) in [6.07, 6.45) is -1.61. The Labute approximate surface area is 158 Å². The largest absolute Gasteiger partial charge is 0.467 e. The second-order valence-corrected chi connectivity index (χ2v) is 7.44. The molecule has 8 nitrogen and oxygen atoms in total. The first-order valence-electron chi connectivity index (χ1n) is 8.72. The number of nitrogens with zero attached hydrogens (tertiary/aromatic N) is 2. The molecule has 1 fully saturated rings. The zero-order valence-corrected chi connectivity index (χ0v) is 16.0. The van der Waals surface area contributed by atoms with Gasteiger partial charge >= 0.3 is 18.2 Å². The molecule has 1 aromatic rings. The lowest BCUT2D eigenvalue weighted by Gasteiger charge is -2.37. The second kappa shape index (κ2) is 8.28. The Morgan fingerprint density at radius 3 is 2.37 bits per heavy atom. The maximum Gasteiger partial charge on any atom is 0.410 e. The van der Waals surface area contributed by atoms with Gasteiger partial charge in [0.2, 0.25) is 0 Å². The highest BCUT2D eigenvalue weighted by Gasteiger charge is 2.46. The van der Waals surface area contributed by atoms with Crippen LogP contribution in [0.2, 0.25) is 0 Å². The normalized spacial score (nSPS) is 19.5. The minimum absolute atomic E-state index is 0.0661. The molecule has 1 N–H and O–H groups in total. The fraction of sp³-hybridized carbons (Fsp3) is 0.526. The van der Waals surface area contributed by atoms with E-state index in [0.29, 0.717) is 0 Å². The number of methoxy groups -OCH3 is 1. The van der Waals surface area contributed by atoms with E-state index in [0.717, 1.165) is 5.56 Å². The van der Waals surface area contributed by atoms with Gasteiger partial charge in [-0.2, -0.15) is 0 Å². The first-order chi connectivity index (χ1) is 12.6. The molecule has 0 aliphatic carbocycles. The smallest absolute Gasteiger partial charge is 0.410 e. The van der Waals surface area contributed by atoms with Crippen LogP contribution in [-0.4, -0.2) is 64.3 Å². The van der Waals surface area contributed by atoms with Crippen molar-refractivity contribution in [2.24, 2.45) is 0 Å². The number of benzene rings is 1. The number of carbonyl (C=O) groups is 3. The third kappa shape index (κ3) is 4.90. The van der Waals surface area contributed by atoms with Gasteiger partial charge in [-0.15, -0.1) is 0 Å². The van der Waals surface area contributed by atoms with Crippen molar-refractivity contribution >= 4 is 18.2 Å². The van der Waals surface area contributed by atoms with Crippen molar-refractivity contribution in [1.29, 1.82) is 0 Å². The average Bonchev–Trinajstić information content (AvgIpc) is 3.02. The van der Waals surface area contributed by atoms with E-state index in [9.17, 15) is 19.5 Å². The van der Waals surface area contributed by atoms with Crippen molar-refractivity contribution in [3.05, 3.63) is 35.9 Å². The van der Waals surface area contributed by atoms with Gasteiger partial charge in [-0.25, -0.2) is 14.4 Å². The summed E-state index contributed by atoms with van der Waals surface area (Å²) in [6, 6.07) is 7.76. The summed E-state index contributed by atoms with van der Waals surface area (Å²) in [5.41, 5.74) is 0.138. The number of hydrogen-bond donors (Lipinski definition) is 1. The molecule has 0 aromatic heterocycles. The molecule has 0 saturated carbocycles. The quantitative estimate of drug-likeness (QED) is 0.809. The van der Waals surface area contributed by atoms with Crippen molar-refractivity contribution in [2.45, 2.75) is 51.4 Å². The minimum atomic E-state index is -1.10. The predicted octanol–water partition coefficient (Wildman–Crippen LogP) is 2.72. The lowest BCUT2D eigenvalue weighted by molar-refractivity contribution is -0.145. The number of carbonyl (C=O) groups excluding carboxylic acids is 2. The van der Waals surface area contributed by atoms with E-state index >= 15 is 0 Å². The van der Waals surface area contributed by atoms with E-state index in [1.165, 1.54) is 16.9 Å². The van der Waals surface area contributed by atoms with E-state index in [4.69, 9.17) is 9.47 Å². The van der Waals surface area contributed by atoms with Gasteiger partial charge < -0.3 is 14.6 Å². The molecule has 2 rings (SSSR count). The zero-order valence-electron chi connectivity index (χ0n) is 16.0. The number of carboxylic acid groups (broad SMARTS) is 1. The Kier molecular flexibility index (Phi) is 6.30. The third-order valence-corrected chi connectivity index (χ3v) is 4.49. The molecule has 148 valence electrons. The standard InChI is InChI=1S/C19H26N2O6/c1-19(2,3)21(17(23)24)14-10-15(16(22)26-4)20(11-14)18(25)27-12-13-8-6-5-7-9-13/h5-9,14-15H,10-12H2,1-4H3,(H,23,24)/t14-,15-/m1/s1. The van der Waals surface area contributed by atoms with E-state index < -0.39 is 35.8 Å². The van der Waals surface area contributed by atoms with E-state index in [-0.39, 0.29) is 19.6 Å². The third-order valence-electron chi connectivity index (χ3n) is 4.49. The summed E-state index contributed by atoms with van der Waals surface area (Å²) in [6.45, 7) is 5.44. The zero-order chi connectivity index (χ0) is 20.2. The molecule has 0 unspecified atom stereocenters. The van der Waals surface area contributed by atoms with Gasteiger partial charge in [0.05, 0.1) is 13.2 Å². The molecule has 1 aromatic carbocycles. The maximum atomic E-state index is 12.6. The van der Waals surface area contributed by atoms with Gasteiger partial charge in [0.25, 0.3) is 0 Å². The first kappa shape index (κ1) is 20.5. The molecule has 0 bridgehead atoms. The number of likely N-dealkylation sites (tertiary alicyclic amines) is 1. The van der Waals surface area contributed by atoms with Crippen LogP contribution >= 0.6 is 0 Å². The monoisotopic (exact) mass is 378 g/mol. The van der Waals surface area contributed by atoms with E-state index in [1.54, 1.807) is 20.8 Å². The summed E-state index contributed by atoms with van der Waals surface area (Å²) in [4.78, 5) is 39.0. The second-order valence-electron chi connectivity index (χ2n) is 7.44. The van der Waals surface area contributed by atoms with Crippen LogP contribution in [0.1, 0.15) is 32.8 Å². The molecular weight excluding hydrogens is 352 g/mol. The number of ether oxygens (including phenoxy) is 2. The van der Waals surface area contributed by atoms with Gasteiger partial charge in [0, 0.05) is 18.5 Å². The van der Waals surface area contributed by atoms with Crippen LogP contribution in [0.3, 0.4) is 0 Å². The van der Waals surface area contributed by atoms with Crippen molar-refractivity contribution in [3.8, 4) is 0 Å². The van der Waals surface area contributed by atoms with Crippen LogP contribution in [0.4, 0.5) is 9.59 Å². The van der Waals surface area contributed by atoms with Gasteiger partial charge in [0.15, 0.2) is 0 Å². The molecular formula is C19H26N2O6. The summed E-state index contributed by atoms with van der Waals surface area (Å²) >= 11 is 0. The summed E-state index contributed by atoms with van der Waals surface area (Å²) in [5.74, 6) is -0.589. The van der Waals surface area contributed by atoms with E-state index in [2.05, 4.69) is 0 Å². The fourth-order valence-corrected chi connectivity index (χ4v) is 3.36. The molecule has 1 heterocycles.